The maximum Gasteiger partial charge on any atom is 0.333 e. The van der Waals surface area contributed by atoms with E-state index in [2.05, 4.69) is 25.2 Å². The number of hydrogen-bond acceptors (Lipinski definition) is 15. The fourth-order valence-corrected chi connectivity index (χ4v) is 6.51. The summed E-state index contributed by atoms with van der Waals surface area (Å²) in [4.78, 5) is 64.2. The third kappa shape index (κ3) is 7.42. The Morgan fingerprint density at radius 3 is 1.82 bits per heavy atom. The SMILES string of the molecule is CN1C(=O)C(N=Nc2ccc(-c3ccc(N=NC4C(=O)N(C)C(O)N(C)C4=O)cc3S(=O)(=O)NCCCO)c(S(=O)[O-])c2)C(=O)N(C)C1=O. The summed E-state index contributed by atoms with van der Waals surface area (Å²) in [6.07, 6.45) is -1.47. The molecule has 49 heavy (non-hydrogen) atoms. The number of nitrogens with zero attached hydrogens (tertiary/aromatic N) is 8. The molecule has 2 aliphatic rings. The van der Waals surface area contributed by atoms with Crippen LogP contribution in [0.4, 0.5) is 16.2 Å². The molecule has 3 N–H and O–H groups in total. The number of barbiturate groups is 1. The molecule has 4 rings (SSSR count). The number of aliphatic hydroxyl groups is 2. The summed E-state index contributed by atoms with van der Waals surface area (Å²) in [7, 11) is 0.362. The van der Waals surface area contributed by atoms with Gasteiger partial charge in [-0.3, -0.25) is 33.2 Å². The first kappa shape index (κ1) is 37.0. The van der Waals surface area contributed by atoms with Crippen molar-refractivity contribution in [2.45, 2.75) is 34.6 Å². The lowest BCUT2D eigenvalue weighted by Crippen LogP contribution is -2.61. The highest BCUT2D eigenvalue weighted by atomic mass is 32.2. The molecule has 2 aromatic rings. The molecule has 262 valence electrons. The molecule has 0 radical (unpaired) electrons. The van der Waals surface area contributed by atoms with Crippen LogP contribution < -0.4 is 4.72 Å². The number of benzene rings is 2. The van der Waals surface area contributed by atoms with Gasteiger partial charge in [0, 0.05) is 51.8 Å². The van der Waals surface area contributed by atoms with Gasteiger partial charge >= 0.3 is 6.03 Å². The number of carbonyl (C=O) groups is 5. The largest absolute Gasteiger partial charge is 0.768 e. The molecule has 2 heterocycles. The monoisotopic (exact) mass is 720 g/mol. The lowest BCUT2D eigenvalue weighted by Gasteiger charge is -2.37. The highest BCUT2D eigenvalue weighted by molar-refractivity contribution is 7.89. The van der Waals surface area contributed by atoms with Gasteiger partial charge in [0.05, 0.1) is 16.3 Å². The van der Waals surface area contributed by atoms with E-state index in [1.807, 2.05) is 0 Å². The van der Waals surface area contributed by atoms with Crippen LogP contribution in [0.15, 0.2) is 66.6 Å². The van der Waals surface area contributed by atoms with Gasteiger partial charge in [0.25, 0.3) is 23.6 Å². The molecular formula is C27H30N9O11S2-. The number of azo groups is 2. The zero-order valence-corrected chi connectivity index (χ0v) is 27.9. The average Bonchev–Trinajstić information content (AvgIpc) is 3.08. The van der Waals surface area contributed by atoms with E-state index in [1.54, 1.807) is 0 Å². The van der Waals surface area contributed by atoms with Crippen LogP contribution in [-0.4, -0.2) is 136 Å². The molecule has 1 atom stereocenters. The van der Waals surface area contributed by atoms with Crippen molar-refractivity contribution in [1.82, 2.24) is 24.3 Å². The third-order valence-corrected chi connectivity index (χ3v) is 9.65. The quantitative estimate of drug-likeness (QED) is 0.114. The minimum absolute atomic E-state index is 0.0496. The van der Waals surface area contributed by atoms with Crippen molar-refractivity contribution in [3.8, 4) is 11.1 Å². The first-order valence-corrected chi connectivity index (χ1v) is 16.7. The average molecular weight is 721 g/mol. The van der Waals surface area contributed by atoms with E-state index in [0.29, 0.717) is 9.80 Å². The number of amides is 6. The van der Waals surface area contributed by atoms with E-state index in [4.69, 9.17) is 5.11 Å². The van der Waals surface area contributed by atoms with Crippen molar-refractivity contribution < 1.29 is 51.4 Å². The van der Waals surface area contributed by atoms with E-state index < -0.39 is 79.0 Å². The Morgan fingerprint density at radius 1 is 0.816 bits per heavy atom. The van der Waals surface area contributed by atoms with Crippen LogP contribution in [0.3, 0.4) is 0 Å². The van der Waals surface area contributed by atoms with Crippen molar-refractivity contribution in [3.05, 3.63) is 36.4 Å². The zero-order chi connectivity index (χ0) is 36.4. The van der Waals surface area contributed by atoms with Crippen LogP contribution >= 0.6 is 0 Å². The predicted octanol–water partition coefficient (Wildman–Crippen LogP) is -0.586. The van der Waals surface area contributed by atoms with E-state index in [9.17, 15) is 46.3 Å². The summed E-state index contributed by atoms with van der Waals surface area (Å²) in [5.41, 5.74) is -0.537. The number of rotatable bonds is 11. The second-order valence-corrected chi connectivity index (χ2v) is 13.3. The highest BCUT2D eigenvalue weighted by Crippen LogP contribution is 2.36. The normalized spacial score (nSPS) is 20.4. The van der Waals surface area contributed by atoms with Crippen molar-refractivity contribution in [2.75, 3.05) is 41.3 Å². The van der Waals surface area contributed by atoms with Gasteiger partial charge in [-0.25, -0.2) is 17.9 Å². The minimum atomic E-state index is -4.43. The van der Waals surface area contributed by atoms with E-state index in [1.165, 1.54) is 38.4 Å². The molecule has 0 bridgehead atoms. The maximum atomic E-state index is 13.5. The Bertz CT molecular complexity index is 1860. The van der Waals surface area contributed by atoms with Crippen LogP contribution in [-0.2, 0) is 40.3 Å². The van der Waals surface area contributed by atoms with E-state index >= 15 is 0 Å². The molecule has 2 fully saturated rings. The predicted molar refractivity (Wildman–Crippen MR) is 165 cm³/mol. The Labute approximate surface area is 281 Å². The van der Waals surface area contributed by atoms with Gasteiger partial charge in [-0.2, -0.15) is 20.5 Å². The number of urea groups is 1. The third-order valence-electron chi connectivity index (χ3n) is 7.45. The molecule has 0 spiro atoms. The number of nitrogens with one attached hydrogen (secondary N) is 1. The van der Waals surface area contributed by atoms with Crippen molar-refractivity contribution in [1.29, 1.82) is 0 Å². The fraction of sp³-hybridized carbons (Fsp3) is 0.370. The standard InChI is InChI=1S/C27H31N9O11S2/c1-33-22(38)20(23(39)34(2)26(33)42)31-29-14-6-8-16(18(12-14)48(44)45)17-9-7-15(13-19(17)49(46,47)28-10-5-11-37)30-32-21-24(40)35(3)27(43)36(4)25(21)41/h6-9,12-13,20-21,27-28,37,43H,5,10-11H2,1-4H3,(H,44,45)/p-1. The second-order valence-electron chi connectivity index (χ2n) is 10.6. The van der Waals surface area contributed by atoms with E-state index in [0.717, 1.165) is 36.0 Å². The number of aliphatic hydroxyl groups excluding tert-OH is 2. The molecule has 2 saturated heterocycles. The van der Waals surface area contributed by atoms with Gasteiger partial charge in [0.2, 0.25) is 28.5 Å². The molecule has 1 unspecified atom stereocenters. The number of hydrogen-bond donors (Lipinski definition) is 3. The first-order valence-electron chi connectivity index (χ1n) is 14.1. The Morgan fingerprint density at radius 2 is 1.31 bits per heavy atom. The Balaban J connectivity index is 1.76. The Hall–Kier alpha value is -4.87. The summed E-state index contributed by atoms with van der Waals surface area (Å²) in [5.74, 6) is -3.62. The van der Waals surface area contributed by atoms with E-state index in [-0.39, 0.29) is 42.1 Å². The van der Waals surface area contributed by atoms with Crippen molar-refractivity contribution in [2.24, 2.45) is 20.5 Å². The lowest BCUT2D eigenvalue weighted by molar-refractivity contribution is -0.177. The van der Waals surface area contributed by atoms with Gasteiger partial charge in [0.15, 0.2) is 0 Å². The van der Waals surface area contributed by atoms with Crippen LogP contribution in [0.25, 0.3) is 11.1 Å². The summed E-state index contributed by atoms with van der Waals surface area (Å²) in [6.45, 7) is -0.523. The summed E-state index contributed by atoms with van der Waals surface area (Å²) in [6, 6.07) is 2.74. The van der Waals surface area contributed by atoms with Crippen molar-refractivity contribution >= 4 is 62.1 Å². The van der Waals surface area contributed by atoms with Crippen molar-refractivity contribution in [3.63, 3.8) is 0 Å². The molecule has 6 amide bonds. The molecule has 22 heteroatoms. The molecule has 0 saturated carbocycles. The number of likely N-dealkylation sites (N-methyl/N-ethyl adjacent to an activating group) is 4. The summed E-state index contributed by atoms with van der Waals surface area (Å²) >= 11 is -3.00. The molecule has 2 aromatic carbocycles. The Kier molecular flexibility index (Phi) is 11.1. The van der Waals surface area contributed by atoms with Crippen LogP contribution in [0.2, 0.25) is 0 Å². The number of sulfonamides is 1. The topological polar surface area (TPSA) is 275 Å². The lowest BCUT2D eigenvalue weighted by atomic mass is 10.0. The summed E-state index contributed by atoms with van der Waals surface area (Å²) in [5, 5.41) is 34.4. The number of imide groups is 2. The smallest absolute Gasteiger partial charge is 0.333 e. The second kappa shape index (κ2) is 14.7. The van der Waals surface area contributed by atoms with Gasteiger partial charge in [-0.05, 0) is 47.3 Å². The van der Waals surface area contributed by atoms with Gasteiger partial charge in [-0.1, -0.05) is 12.1 Å². The fourth-order valence-electron chi connectivity index (χ4n) is 4.63. The maximum absolute atomic E-state index is 13.5. The molecule has 0 aromatic heterocycles. The summed E-state index contributed by atoms with van der Waals surface area (Å²) < 4.78 is 54.0. The molecule has 0 aliphatic carbocycles. The molecular weight excluding hydrogens is 690 g/mol. The molecule has 2 aliphatic heterocycles. The molecule has 20 nitrogen and oxygen atoms in total. The van der Waals surface area contributed by atoms with Gasteiger partial charge in [-0.15, -0.1) is 0 Å². The van der Waals surface area contributed by atoms with Gasteiger partial charge in [0.1, 0.15) is 0 Å². The minimum Gasteiger partial charge on any atom is -0.768 e. The van der Waals surface area contributed by atoms with Crippen LogP contribution in [0, 0.1) is 0 Å². The van der Waals surface area contributed by atoms with Crippen LogP contribution in [0.5, 0.6) is 0 Å². The first-order chi connectivity index (χ1) is 23.0. The number of carbonyl (C=O) groups excluding carboxylic acids is 5. The zero-order valence-electron chi connectivity index (χ0n) is 26.3. The van der Waals surface area contributed by atoms with Gasteiger partial charge < -0.3 is 24.6 Å². The highest BCUT2D eigenvalue weighted by Gasteiger charge is 2.44. The van der Waals surface area contributed by atoms with Crippen LogP contribution in [0.1, 0.15) is 6.42 Å².